The van der Waals surface area contributed by atoms with Gasteiger partial charge in [-0.2, -0.15) is 4.31 Å². The Labute approximate surface area is 193 Å². The predicted molar refractivity (Wildman–Crippen MR) is 121 cm³/mol. The molecule has 0 bridgehead atoms. The minimum atomic E-state index is -3.95. The van der Waals surface area contributed by atoms with Gasteiger partial charge in [-0.25, -0.2) is 12.8 Å². The summed E-state index contributed by atoms with van der Waals surface area (Å²) in [6.07, 6.45) is 0. The van der Waals surface area contributed by atoms with Crippen molar-refractivity contribution in [3.63, 3.8) is 0 Å². The summed E-state index contributed by atoms with van der Waals surface area (Å²) in [5.41, 5.74) is 0.604. The van der Waals surface area contributed by atoms with Crippen molar-refractivity contribution < 1.29 is 22.4 Å². The summed E-state index contributed by atoms with van der Waals surface area (Å²) < 4.78 is 39.9. The molecule has 7 nitrogen and oxygen atoms in total. The van der Waals surface area contributed by atoms with Crippen molar-refractivity contribution >= 4 is 33.4 Å². The lowest BCUT2D eigenvalue weighted by atomic mass is 10.1. The van der Waals surface area contributed by atoms with Crippen LogP contribution in [0.5, 0.6) is 0 Å². The first-order chi connectivity index (χ1) is 14.9. The minimum Gasteiger partial charge on any atom is -0.352 e. The Bertz CT molecular complexity index is 1040. The Morgan fingerprint density at radius 1 is 1.03 bits per heavy atom. The Morgan fingerprint density at radius 3 is 2.12 bits per heavy atom. The second-order valence-corrected chi connectivity index (χ2v) is 10.2. The minimum absolute atomic E-state index is 0.00659. The number of carbonyl (C=O) groups is 2. The van der Waals surface area contributed by atoms with Crippen LogP contribution in [-0.2, 0) is 26.2 Å². The number of halogens is 2. The van der Waals surface area contributed by atoms with Gasteiger partial charge in [-0.15, -0.1) is 0 Å². The van der Waals surface area contributed by atoms with E-state index in [1.165, 1.54) is 60.5 Å². The zero-order valence-corrected chi connectivity index (χ0v) is 20.0. The quantitative estimate of drug-likeness (QED) is 0.594. The third-order valence-corrected chi connectivity index (χ3v) is 6.81. The van der Waals surface area contributed by atoms with E-state index in [1.54, 1.807) is 20.8 Å². The van der Waals surface area contributed by atoms with Gasteiger partial charge < -0.3 is 10.2 Å². The van der Waals surface area contributed by atoms with Crippen molar-refractivity contribution in [3.05, 3.63) is 64.9 Å². The van der Waals surface area contributed by atoms with Gasteiger partial charge in [0.15, 0.2) is 0 Å². The van der Waals surface area contributed by atoms with Crippen LogP contribution in [0.15, 0.2) is 53.4 Å². The fourth-order valence-corrected chi connectivity index (χ4v) is 4.17. The number of carbonyl (C=O) groups excluding carboxylic acids is 2. The zero-order chi connectivity index (χ0) is 24.1. The number of hydrogen-bond acceptors (Lipinski definition) is 4. The number of sulfonamides is 1. The molecular weight excluding hydrogens is 457 g/mol. The van der Waals surface area contributed by atoms with E-state index < -0.39 is 34.3 Å². The first-order valence-corrected chi connectivity index (χ1v) is 11.8. The van der Waals surface area contributed by atoms with Crippen molar-refractivity contribution in [3.8, 4) is 0 Å². The fraction of sp³-hybridized carbons (Fsp3) is 0.364. The van der Waals surface area contributed by atoms with Crippen LogP contribution in [0.1, 0.15) is 26.3 Å². The molecule has 2 amide bonds. The highest BCUT2D eigenvalue weighted by molar-refractivity contribution is 7.89. The molecule has 0 aliphatic carbocycles. The molecule has 0 aliphatic rings. The van der Waals surface area contributed by atoms with E-state index in [4.69, 9.17) is 11.6 Å². The van der Waals surface area contributed by atoms with Gasteiger partial charge in [0, 0.05) is 24.7 Å². The molecule has 2 aromatic rings. The van der Waals surface area contributed by atoms with Gasteiger partial charge in [-0.05, 0) is 62.7 Å². The molecule has 0 aliphatic heterocycles. The molecule has 1 unspecified atom stereocenters. The van der Waals surface area contributed by atoms with Gasteiger partial charge in [0.05, 0.1) is 11.4 Å². The van der Waals surface area contributed by atoms with Crippen molar-refractivity contribution in [2.75, 3.05) is 13.6 Å². The van der Waals surface area contributed by atoms with Gasteiger partial charge in [-0.3, -0.25) is 9.59 Å². The Hall–Kier alpha value is -2.49. The molecule has 0 saturated carbocycles. The lowest BCUT2D eigenvalue weighted by molar-refractivity contribution is -0.140. The molecule has 1 N–H and O–H groups in total. The first kappa shape index (κ1) is 25.8. The third kappa shape index (κ3) is 6.75. The SMILES string of the molecule is CC(C)NC(=O)C(C)N(Cc1ccc(F)cc1)C(=O)CN(C)S(=O)(=O)c1ccc(Cl)cc1. The molecule has 0 aromatic heterocycles. The number of likely N-dealkylation sites (N-methyl/N-ethyl adjacent to an activating group) is 1. The van der Waals surface area contributed by atoms with Gasteiger partial charge in [0.25, 0.3) is 0 Å². The fourth-order valence-electron chi connectivity index (χ4n) is 2.93. The maximum atomic E-state index is 13.3. The number of nitrogens with zero attached hydrogens (tertiary/aromatic N) is 2. The molecule has 2 aromatic carbocycles. The van der Waals surface area contributed by atoms with E-state index in [0.29, 0.717) is 10.6 Å². The molecule has 174 valence electrons. The average molecular weight is 484 g/mol. The van der Waals surface area contributed by atoms with Gasteiger partial charge >= 0.3 is 0 Å². The predicted octanol–water partition coefficient (Wildman–Crippen LogP) is 3.04. The maximum Gasteiger partial charge on any atom is 0.243 e. The number of benzene rings is 2. The number of rotatable bonds is 9. The number of nitrogens with one attached hydrogen (secondary N) is 1. The largest absolute Gasteiger partial charge is 0.352 e. The molecule has 0 fully saturated rings. The summed E-state index contributed by atoms with van der Waals surface area (Å²) in [7, 11) is -2.66. The van der Waals surface area contributed by atoms with Crippen LogP contribution in [0.2, 0.25) is 5.02 Å². The van der Waals surface area contributed by atoms with Crippen LogP contribution in [0.4, 0.5) is 4.39 Å². The standard InChI is InChI=1S/C22H27ClFN3O4S/c1-15(2)25-22(29)16(3)27(13-17-5-9-19(24)10-6-17)21(28)14-26(4)32(30,31)20-11-7-18(23)8-12-20/h5-12,15-16H,13-14H2,1-4H3,(H,25,29). The van der Waals surface area contributed by atoms with Gasteiger partial charge in [0.1, 0.15) is 11.9 Å². The smallest absolute Gasteiger partial charge is 0.243 e. The van der Waals surface area contributed by atoms with E-state index in [2.05, 4.69) is 5.32 Å². The van der Waals surface area contributed by atoms with E-state index in [9.17, 15) is 22.4 Å². The van der Waals surface area contributed by atoms with Crippen LogP contribution in [0.3, 0.4) is 0 Å². The van der Waals surface area contributed by atoms with Gasteiger partial charge in [-0.1, -0.05) is 23.7 Å². The Morgan fingerprint density at radius 2 is 1.59 bits per heavy atom. The van der Waals surface area contributed by atoms with Crippen molar-refractivity contribution in [2.24, 2.45) is 0 Å². The normalized spacial score (nSPS) is 12.6. The van der Waals surface area contributed by atoms with Crippen LogP contribution >= 0.6 is 11.6 Å². The lowest BCUT2D eigenvalue weighted by Crippen LogP contribution is -2.51. The van der Waals surface area contributed by atoms with Crippen LogP contribution in [0.25, 0.3) is 0 Å². The van der Waals surface area contributed by atoms with Crippen molar-refractivity contribution in [1.82, 2.24) is 14.5 Å². The van der Waals surface area contributed by atoms with Crippen molar-refractivity contribution in [1.29, 1.82) is 0 Å². The third-order valence-electron chi connectivity index (χ3n) is 4.74. The summed E-state index contributed by atoms with van der Waals surface area (Å²) in [5.74, 6) is -1.37. The van der Waals surface area contributed by atoms with E-state index in [1.807, 2.05) is 0 Å². The lowest BCUT2D eigenvalue weighted by Gasteiger charge is -2.30. The van der Waals surface area contributed by atoms with Crippen LogP contribution < -0.4 is 5.32 Å². The summed E-state index contributed by atoms with van der Waals surface area (Å²) in [6.45, 7) is 4.69. The summed E-state index contributed by atoms with van der Waals surface area (Å²) in [6, 6.07) is 10.1. The molecule has 1 atom stereocenters. The molecule has 2 rings (SSSR count). The second-order valence-electron chi connectivity index (χ2n) is 7.70. The Balaban J connectivity index is 2.26. The van der Waals surface area contributed by atoms with Crippen LogP contribution in [0, 0.1) is 5.82 Å². The van der Waals surface area contributed by atoms with E-state index >= 15 is 0 Å². The molecule has 0 spiro atoms. The Kier molecular flexibility index (Phi) is 8.77. The highest BCUT2D eigenvalue weighted by Crippen LogP contribution is 2.18. The highest BCUT2D eigenvalue weighted by atomic mass is 35.5. The number of hydrogen-bond donors (Lipinski definition) is 1. The molecule has 0 heterocycles. The summed E-state index contributed by atoms with van der Waals surface area (Å²) >= 11 is 5.82. The molecule has 10 heteroatoms. The zero-order valence-electron chi connectivity index (χ0n) is 18.4. The second kappa shape index (κ2) is 10.9. The molecular formula is C22H27ClFN3O4S. The van der Waals surface area contributed by atoms with E-state index in [-0.39, 0.29) is 23.4 Å². The average Bonchev–Trinajstić information content (AvgIpc) is 2.72. The highest BCUT2D eigenvalue weighted by Gasteiger charge is 2.30. The summed E-state index contributed by atoms with van der Waals surface area (Å²) in [5, 5.41) is 3.14. The topological polar surface area (TPSA) is 86.8 Å². The summed E-state index contributed by atoms with van der Waals surface area (Å²) in [4.78, 5) is 27.0. The first-order valence-electron chi connectivity index (χ1n) is 9.98. The van der Waals surface area contributed by atoms with Crippen molar-refractivity contribution in [2.45, 2.75) is 44.3 Å². The molecule has 32 heavy (non-hydrogen) atoms. The van der Waals surface area contributed by atoms with Gasteiger partial charge in [0.2, 0.25) is 21.8 Å². The van der Waals surface area contributed by atoms with E-state index in [0.717, 1.165) is 4.31 Å². The maximum absolute atomic E-state index is 13.3. The molecule has 0 radical (unpaired) electrons. The molecule has 0 saturated heterocycles. The number of amides is 2. The monoisotopic (exact) mass is 483 g/mol. The van der Waals surface area contributed by atoms with Crippen LogP contribution in [-0.4, -0.2) is 55.1 Å².